The van der Waals surface area contributed by atoms with Gasteiger partial charge in [-0.3, -0.25) is 0 Å². The first kappa shape index (κ1) is 14.6. The molecular formula is C10H12Br2N2O2S2. The molecular weight excluding hydrogens is 404 g/mol. The zero-order chi connectivity index (χ0) is 13.3. The highest BCUT2D eigenvalue weighted by Crippen LogP contribution is 2.34. The molecule has 18 heavy (non-hydrogen) atoms. The molecule has 4 nitrogen and oxygen atoms in total. The Morgan fingerprint density at radius 2 is 1.83 bits per heavy atom. The topological polar surface area (TPSA) is 63.4 Å². The second kappa shape index (κ2) is 5.70. The van der Waals surface area contributed by atoms with Gasteiger partial charge in [0.15, 0.2) is 0 Å². The molecule has 1 saturated heterocycles. The molecule has 0 bridgehead atoms. The van der Waals surface area contributed by atoms with Crippen molar-refractivity contribution in [1.29, 1.82) is 0 Å². The number of nitrogens with two attached hydrogens (primary N) is 1. The molecule has 2 N–H and O–H groups in total. The molecule has 1 fully saturated rings. The molecule has 0 saturated carbocycles. The Hall–Kier alpha value is 0.240. The number of thioether (sulfide) groups is 1. The fourth-order valence-electron chi connectivity index (χ4n) is 1.77. The van der Waals surface area contributed by atoms with Gasteiger partial charge in [-0.1, -0.05) is 15.9 Å². The molecule has 1 aliphatic heterocycles. The molecule has 0 radical (unpaired) electrons. The van der Waals surface area contributed by atoms with Gasteiger partial charge in [0.2, 0.25) is 10.0 Å². The van der Waals surface area contributed by atoms with Crippen LogP contribution >= 0.6 is 43.6 Å². The monoisotopic (exact) mass is 414 g/mol. The van der Waals surface area contributed by atoms with E-state index in [1.165, 1.54) is 4.31 Å². The summed E-state index contributed by atoms with van der Waals surface area (Å²) in [5, 5.41) is 0. The molecule has 8 heteroatoms. The summed E-state index contributed by atoms with van der Waals surface area (Å²) >= 11 is 8.33. The first-order valence-electron chi connectivity index (χ1n) is 5.25. The summed E-state index contributed by atoms with van der Waals surface area (Å²) in [5.74, 6) is 1.65. The van der Waals surface area contributed by atoms with Crippen molar-refractivity contribution in [3.05, 3.63) is 21.1 Å². The van der Waals surface area contributed by atoms with Gasteiger partial charge in [0.05, 0.1) is 5.69 Å². The number of anilines is 1. The molecule has 0 aromatic heterocycles. The lowest BCUT2D eigenvalue weighted by Crippen LogP contribution is -2.38. The van der Waals surface area contributed by atoms with Crippen LogP contribution in [-0.2, 0) is 10.0 Å². The Bertz CT molecular complexity index is 534. The minimum absolute atomic E-state index is 0.164. The SMILES string of the molecule is Nc1cc(Br)cc(Br)c1S(=O)(=O)N1CCSCC1. The van der Waals surface area contributed by atoms with Gasteiger partial charge < -0.3 is 5.73 Å². The predicted molar refractivity (Wildman–Crippen MR) is 82.3 cm³/mol. The Balaban J connectivity index is 2.47. The Kier molecular flexibility index (Phi) is 4.64. The average molecular weight is 416 g/mol. The van der Waals surface area contributed by atoms with Crippen molar-refractivity contribution in [3.8, 4) is 0 Å². The zero-order valence-electron chi connectivity index (χ0n) is 9.40. The first-order valence-corrected chi connectivity index (χ1v) is 9.43. The van der Waals surface area contributed by atoms with E-state index in [-0.39, 0.29) is 10.6 Å². The van der Waals surface area contributed by atoms with Crippen LogP contribution in [0.4, 0.5) is 5.69 Å². The van der Waals surface area contributed by atoms with Gasteiger partial charge in [-0.2, -0.15) is 16.1 Å². The third-order valence-electron chi connectivity index (χ3n) is 2.61. The molecule has 100 valence electrons. The van der Waals surface area contributed by atoms with E-state index in [2.05, 4.69) is 31.9 Å². The second-order valence-electron chi connectivity index (χ2n) is 3.82. The Morgan fingerprint density at radius 3 is 2.39 bits per heavy atom. The molecule has 0 spiro atoms. The lowest BCUT2D eigenvalue weighted by Gasteiger charge is -2.26. The number of halogens is 2. The van der Waals surface area contributed by atoms with E-state index in [0.717, 1.165) is 16.0 Å². The van der Waals surface area contributed by atoms with E-state index >= 15 is 0 Å². The molecule has 0 atom stereocenters. The lowest BCUT2D eigenvalue weighted by molar-refractivity contribution is 0.443. The maximum atomic E-state index is 12.5. The van der Waals surface area contributed by atoms with Crippen molar-refractivity contribution in [1.82, 2.24) is 4.31 Å². The van der Waals surface area contributed by atoms with E-state index in [4.69, 9.17) is 5.73 Å². The number of sulfonamides is 1. The number of hydrogen-bond donors (Lipinski definition) is 1. The van der Waals surface area contributed by atoms with Crippen LogP contribution in [0.2, 0.25) is 0 Å². The molecule has 1 aromatic rings. The second-order valence-corrected chi connectivity index (χ2v) is 8.69. The molecule has 0 unspecified atom stereocenters. The minimum Gasteiger partial charge on any atom is -0.398 e. The van der Waals surface area contributed by atoms with Crippen molar-refractivity contribution in [3.63, 3.8) is 0 Å². The third-order valence-corrected chi connectivity index (χ3v) is 6.91. The van der Waals surface area contributed by atoms with E-state index in [1.807, 2.05) is 0 Å². The van der Waals surface area contributed by atoms with Crippen molar-refractivity contribution in [2.24, 2.45) is 0 Å². The quantitative estimate of drug-likeness (QED) is 0.753. The molecule has 2 rings (SSSR count). The van der Waals surface area contributed by atoms with Gasteiger partial charge in [0.1, 0.15) is 4.90 Å². The summed E-state index contributed by atoms with van der Waals surface area (Å²) in [4.78, 5) is 0.164. The van der Waals surface area contributed by atoms with Crippen molar-refractivity contribution in [2.45, 2.75) is 4.90 Å². The highest BCUT2D eigenvalue weighted by atomic mass is 79.9. The van der Waals surface area contributed by atoms with Crippen molar-refractivity contribution < 1.29 is 8.42 Å². The van der Waals surface area contributed by atoms with Crippen LogP contribution in [-0.4, -0.2) is 37.3 Å². The zero-order valence-corrected chi connectivity index (χ0v) is 14.2. The standard InChI is InChI=1S/C10H12Br2N2O2S2/c11-7-5-8(12)10(9(13)6-7)18(15,16)14-1-3-17-4-2-14/h5-6H,1-4,13H2. The maximum absolute atomic E-state index is 12.5. The molecule has 0 amide bonds. The van der Waals surface area contributed by atoms with Crippen LogP contribution < -0.4 is 5.73 Å². The molecule has 0 aliphatic carbocycles. The molecule has 1 aromatic carbocycles. The van der Waals surface area contributed by atoms with Gasteiger partial charge in [-0.05, 0) is 28.1 Å². The summed E-state index contributed by atoms with van der Waals surface area (Å²) in [6.45, 7) is 1.07. The smallest absolute Gasteiger partial charge is 0.246 e. The summed E-state index contributed by atoms with van der Waals surface area (Å²) in [6.07, 6.45) is 0. The largest absolute Gasteiger partial charge is 0.398 e. The summed E-state index contributed by atoms with van der Waals surface area (Å²) in [7, 11) is -3.51. The van der Waals surface area contributed by atoms with E-state index in [9.17, 15) is 8.42 Å². The van der Waals surface area contributed by atoms with Crippen LogP contribution in [0.25, 0.3) is 0 Å². The molecule has 1 aliphatic rings. The molecule has 1 heterocycles. The maximum Gasteiger partial charge on any atom is 0.246 e. The van der Waals surface area contributed by atoms with Gasteiger partial charge in [-0.15, -0.1) is 0 Å². The highest BCUT2D eigenvalue weighted by Gasteiger charge is 2.30. The number of nitrogen functional groups attached to an aromatic ring is 1. The minimum atomic E-state index is -3.51. The number of benzene rings is 1. The highest BCUT2D eigenvalue weighted by molar-refractivity contribution is 9.11. The summed E-state index contributed by atoms with van der Waals surface area (Å²) < 4.78 is 27.8. The van der Waals surface area contributed by atoms with Crippen molar-refractivity contribution in [2.75, 3.05) is 30.3 Å². The van der Waals surface area contributed by atoms with Gasteiger partial charge >= 0.3 is 0 Å². The fraction of sp³-hybridized carbons (Fsp3) is 0.400. The van der Waals surface area contributed by atoms with E-state index in [0.29, 0.717) is 17.6 Å². The number of nitrogens with zero attached hydrogens (tertiary/aromatic N) is 1. The van der Waals surface area contributed by atoms with Gasteiger partial charge in [-0.25, -0.2) is 8.42 Å². The number of hydrogen-bond acceptors (Lipinski definition) is 4. The van der Waals surface area contributed by atoms with Crippen molar-refractivity contribution >= 4 is 59.3 Å². The van der Waals surface area contributed by atoms with E-state index in [1.54, 1.807) is 23.9 Å². The first-order chi connectivity index (χ1) is 8.43. The summed E-state index contributed by atoms with van der Waals surface area (Å²) in [6, 6.07) is 3.30. The van der Waals surface area contributed by atoms with Crippen LogP contribution in [0.1, 0.15) is 0 Å². The summed E-state index contributed by atoms with van der Waals surface area (Å²) in [5.41, 5.74) is 6.10. The Labute approximate surface area is 128 Å². The average Bonchev–Trinajstić information content (AvgIpc) is 2.28. The number of rotatable bonds is 2. The fourth-order valence-corrected chi connectivity index (χ4v) is 6.36. The van der Waals surface area contributed by atoms with Crippen LogP contribution in [0.5, 0.6) is 0 Å². The van der Waals surface area contributed by atoms with Crippen LogP contribution in [0, 0.1) is 0 Å². The predicted octanol–water partition coefficient (Wildman–Crippen LogP) is 2.53. The Morgan fingerprint density at radius 1 is 1.22 bits per heavy atom. The lowest BCUT2D eigenvalue weighted by atomic mass is 10.3. The van der Waals surface area contributed by atoms with Gasteiger partial charge in [0, 0.05) is 33.5 Å². The normalized spacial score (nSPS) is 17.9. The third kappa shape index (κ3) is 2.87. The van der Waals surface area contributed by atoms with Gasteiger partial charge in [0.25, 0.3) is 0 Å². The van der Waals surface area contributed by atoms with Crippen LogP contribution in [0.15, 0.2) is 26.0 Å². The van der Waals surface area contributed by atoms with E-state index < -0.39 is 10.0 Å². The van der Waals surface area contributed by atoms with Crippen LogP contribution in [0.3, 0.4) is 0 Å².